The summed E-state index contributed by atoms with van der Waals surface area (Å²) in [7, 11) is 0. The molecule has 12 heteroatoms. The summed E-state index contributed by atoms with van der Waals surface area (Å²) in [4.78, 5) is 50.0. The third kappa shape index (κ3) is 5.37. The molecule has 0 amide bonds. The Kier molecular flexibility index (Phi) is 7.09. The lowest BCUT2D eigenvalue weighted by Gasteiger charge is -2.13. The molecule has 0 atom stereocenters. The zero-order valence-electron chi connectivity index (χ0n) is 19.4. The van der Waals surface area contributed by atoms with Gasteiger partial charge in [-0.25, -0.2) is 9.59 Å². The van der Waals surface area contributed by atoms with Crippen LogP contribution < -0.4 is 20.7 Å². The standard InChI is InChI=1S/C25H20N4O8/c1-2-36-21-12-16(13-26-28-23(30)18-8-3-4-9-19(18)27-25(28)33)11-20(29(34)35)22(21)37-14-15-6-5-7-17(10-15)24(31)32/h3-13H,2,14H2,1H3,(H,27,33)(H,31,32). The summed E-state index contributed by atoms with van der Waals surface area (Å²) in [5, 5.41) is 25.2. The van der Waals surface area contributed by atoms with Gasteiger partial charge in [-0.2, -0.15) is 5.10 Å². The molecule has 0 fully saturated rings. The van der Waals surface area contributed by atoms with E-state index in [1.807, 2.05) is 0 Å². The molecule has 37 heavy (non-hydrogen) atoms. The first-order valence-corrected chi connectivity index (χ1v) is 11.0. The smallest absolute Gasteiger partial charge is 0.349 e. The second-order valence-electron chi connectivity index (χ2n) is 7.69. The van der Waals surface area contributed by atoms with Gasteiger partial charge in [0, 0.05) is 11.6 Å². The molecule has 0 spiro atoms. The van der Waals surface area contributed by atoms with E-state index in [2.05, 4.69) is 10.1 Å². The monoisotopic (exact) mass is 504 g/mol. The van der Waals surface area contributed by atoms with E-state index in [9.17, 15) is 24.5 Å². The van der Waals surface area contributed by atoms with Crippen molar-refractivity contribution in [1.29, 1.82) is 0 Å². The Balaban J connectivity index is 1.71. The zero-order chi connectivity index (χ0) is 26.5. The van der Waals surface area contributed by atoms with Gasteiger partial charge in [-0.1, -0.05) is 24.3 Å². The van der Waals surface area contributed by atoms with Gasteiger partial charge in [-0.05, 0) is 42.8 Å². The molecular weight excluding hydrogens is 484 g/mol. The highest BCUT2D eigenvalue weighted by Crippen LogP contribution is 2.38. The zero-order valence-corrected chi connectivity index (χ0v) is 19.4. The average Bonchev–Trinajstić information content (AvgIpc) is 2.88. The maximum atomic E-state index is 12.7. The maximum Gasteiger partial charge on any atom is 0.349 e. The number of nitro benzene ring substituents is 1. The highest BCUT2D eigenvalue weighted by molar-refractivity contribution is 5.87. The Labute approximate surface area is 208 Å². The lowest BCUT2D eigenvalue weighted by Crippen LogP contribution is -2.32. The number of rotatable bonds is 9. The van der Waals surface area contributed by atoms with Crippen LogP contribution in [-0.2, 0) is 6.61 Å². The van der Waals surface area contributed by atoms with Crippen LogP contribution in [0, 0.1) is 10.1 Å². The summed E-state index contributed by atoms with van der Waals surface area (Å²) in [5.74, 6) is -1.24. The topological polar surface area (TPSA) is 166 Å². The van der Waals surface area contributed by atoms with Crippen molar-refractivity contribution in [2.75, 3.05) is 6.61 Å². The molecule has 3 aromatic carbocycles. The second-order valence-corrected chi connectivity index (χ2v) is 7.69. The molecule has 0 saturated heterocycles. The third-order valence-electron chi connectivity index (χ3n) is 5.22. The van der Waals surface area contributed by atoms with E-state index in [1.54, 1.807) is 31.2 Å². The van der Waals surface area contributed by atoms with Crippen molar-refractivity contribution in [3.05, 3.63) is 108 Å². The number of hydrogen-bond donors (Lipinski definition) is 2. The molecule has 2 N–H and O–H groups in total. The number of fused-ring (bicyclic) bond motifs is 1. The molecule has 0 radical (unpaired) electrons. The van der Waals surface area contributed by atoms with E-state index < -0.39 is 27.8 Å². The first kappa shape index (κ1) is 24.9. The molecule has 4 aromatic rings. The van der Waals surface area contributed by atoms with E-state index >= 15 is 0 Å². The fraction of sp³-hybridized carbons (Fsp3) is 0.120. The van der Waals surface area contributed by atoms with Crippen molar-refractivity contribution in [1.82, 2.24) is 9.66 Å². The molecule has 0 bridgehead atoms. The van der Waals surface area contributed by atoms with Crippen molar-refractivity contribution < 1.29 is 24.3 Å². The average molecular weight is 504 g/mol. The predicted molar refractivity (Wildman–Crippen MR) is 134 cm³/mol. The summed E-state index contributed by atoms with van der Waals surface area (Å²) in [6.07, 6.45) is 1.13. The van der Waals surface area contributed by atoms with Crippen LogP contribution in [0.2, 0.25) is 0 Å². The summed E-state index contributed by atoms with van der Waals surface area (Å²) in [6.45, 7) is 1.69. The summed E-state index contributed by atoms with van der Waals surface area (Å²) < 4.78 is 11.9. The van der Waals surface area contributed by atoms with Crippen LogP contribution >= 0.6 is 0 Å². The highest BCUT2D eigenvalue weighted by atomic mass is 16.6. The summed E-state index contributed by atoms with van der Waals surface area (Å²) in [6, 6.07) is 15.0. The van der Waals surface area contributed by atoms with Crippen LogP contribution in [0.4, 0.5) is 5.69 Å². The molecule has 12 nitrogen and oxygen atoms in total. The van der Waals surface area contributed by atoms with Crippen LogP contribution in [0.25, 0.3) is 10.9 Å². The first-order chi connectivity index (χ1) is 17.8. The molecule has 0 aliphatic heterocycles. The minimum Gasteiger partial charge on any atom is -0.490 e. The number of benzene rings is 3. The Morgan fingerprint density at radius 3 is 2.65 bits per heavy atom. The van der Waals surface area contributed by atoms with E-state index in [0.29, 0.717) is 15.8 Å². The van der Waals surface area contributed by atoms with Gasteiger partial charge in [-0.3, -0.25) is 14.9 Å². The van der Waals surface area contributed by atoms with Gasteiger partial charge in [0.15, 0.2) is 5.75 Å². The molecule has 1 aromatic heterocycles. The van der Waals surface area contributed by atoms with Crippen LogP contribution in [0.5, 0.6) is 11.5 Å². The quantitative estimate of drug-likeness (QED) is 0.199. The third-order valence-corrected chi connectivity index (χ3v) is 5.22. The number of aromatic nitrogens is 2. The van der Waals surface area contributed by atoms with Gasteiger partial charge in [0.25, 0.3) is 5.56 Å². The van der Waals surface area contributed by atoms with Gasteiger partial charge >= 0.3 is 17.3 Å². The molecule has 0 unspecified atom stereocenters. The lowest BCUT2D eigenvalue weighted by atomic mass is 10.1. The van der Waals surface area contributed by atoms with Crippen LogP contribution in [0.1, 0.15) is 28.4 Å². The number of nitro groups is 1. The van der Waals surface area contributed by atoms with E-state index in [4.69, 9.17) is 14.6 Å². The lowest BCUT2D eigenvalue weighted by molar-refractivity contribution is -0.386. The van der Waals surface area contributed by atoms with Gasteiger partial charge in [0.2, 0.25) is 5.75 Å². The first-order valence-electron chi connectivity index (χ1n) is 11.0. The number of carbonyl (C=O) groups is 1. The number of H-pyrrole nitrogens is 1. The van der Waals surface area contributed by atoms with Crippen molar-refractivity contribution in [2.45, 2.75) is 13.5 Å². The molecule has 4 rings (SSSR count). The molecule has 0 aliphatic rings. The summed E-state index contributed by atoms with van der Waals surface area (Å²) in [5.41, 5.74) is -0.810. The van der Waals surface area contributed by atoms with Gasteiger partial charge in [0.1, 0.15) is 6.61 Å². The second kappa shape index (κ2) is 10.6. The highest BCUT2D eigenvalue weighted by Gasteiger charge is 2.23. The minimum absolute atomic E-state index is 0.0345. The van der Waals surface area contributed by atoms with Gasteiger partial charge < -0.3 is 19.6 Å². The summed E-state index contributed by atoms with van der Waals surface area (Å²) >= 11 is 0. The van der Waals surface area contributed by atoms with Gasteiger partial charge in [-0.15, -0.1) is 4.68 Å². The maximum absolute atomic E-state index is 12.7. The number of hydrogen-bond acceptors (Lipinski definition) is 8. The normalized spacial score (nSPS) is 11.1. The van der Waals surface area contributed by atoms with Crippen LogP contribution in [-0.4, -0.2) is 38.5 Å². The predicted octanol–water partition coefficient (Wildman–Crippen LogP) is 3.16. The number of aromatic amines is 1. The molecule has 0 aliphatic carbocycles. The van der Waals surface area contributed by atoms with Crippen molar-refractivity contribution in [2.24, 2.45) is 5.10 Å². The molecule has 0 saturated carbocycles. The number of aromatic carboxylic acids is 1. The number of carboxylic acids is 1. The fourth-order valence-electron chi connectivity index (χ4n) is 3.56. The molecule has 1 heterocycles. The largest absolute Gasteiger partial charge is 0.490 e. The Morgan fingerprint density at radius 1 is 1.14 bits per heavy atom. The fourth-order valence-corrected chi connectivity index (χ4v) is 3.56. The Hall–Kier alpha value is -5.26. The number of nitrogens with one attached hydrogen (secondary N) is 1. The van der Waals surface area contributed by atoms with Crippen molar-refractivity contribution in [3.8, 4) is 11.5 Å². The minimum atomic E-state index is -1.11. The number of nitrogens with zero attached hydrogens (tertiary/aromatic N) is 3. The van der Waals surface area contributed by atoms with E-state index in [1.165, 1.54) is 30.3 Å². The van der Waals surface area contributed by atoms with Crippen molar-refractivity contribution in [3.63, 3.8) is 0 Å². The Morgan fingerprint density at radius 2 is 1.92 bits per heavy atom. The molecule has 188 valence electrons. The van der Waals surface area contributed by atoms with Crippen LogP contribution in [0.15, 0.2) is 75.4 Å². The van der Waals surface area contributed by atoms with E-state index in [-0.39, 0.29) is 41.2 Å². The van der Waals surface area contributed by atoms with E-state index in [0.717, 1.165) is 12.3 Å². The Bertz CT molecular complexity index is 1660. The number of carboxylic acid groups (broad SMARTS) is 1. The molecular formula is C25H20N4O8. The number of ether oxygens (including phenoxy) is 2. The van der Waals surface area contributed by atoms with Crippen LogP contribution in [0.3, 0.4) is 0 Å². The van der Waals surface area contributed by atoms with Gasteiger partial charge in [0.05, 0.1) is 34.2 Å². The SMILES string of the molecule is CCOc1cc(C=Nn2c(=O)[nH]c3ccccc3c2=O)cc([N+](=O)[O-])c1OCc1cccc(C(=O)O)c1. The van der Waals surface area contributed by atoms with Crippen molar-refractivity contribution >= 4 is 28.8 Å². The number of para-hydroxylation sites is 1.